The van der Waals surface area contributed by atoms with Crippen LogP contribution in [0.1, 0.15) is 36.5 Å². The number of hydrogen-bond acceptors (Lipinski definition) is 2. The average Bonchev–Trinajstić information content (AvgIpc) is 2.47. The van der Waals surface area contributed by atoms with Gasteiger partial charge < -0.3 is 10.2 Å². The normalized spacial score (nSPS) is 16.0. The fourth-order valence-electron chi connectivity index (χ4n) is 2.78. The maximum absolute atomic E-state index is 13.9. The molecule has 1 fully saturated rings. The first kappa shape index (κ1) is 16.2. The summed E-state index contributed by atoms with van der Waals surface area (Å²) in [4.78, 5) is 14.4. The number of carbonyl (C=O) groups is 1. The second-order valence-corrected chi connectivity index (χ2v) is 5.95. The van der Waals surface area contributed by atoms with Gasteiger partial charge in [-0.15, -0.1) is 0 Å². The van der Waals surface area contributed by atoms with Gasteiger partial charge in [-0.25, -0.2) is 4.39 Å². The smallest absolute Gasteiger partial charge is 0.258 e. The zero-order valence-electron chi connectivity index (χ0n) is 12.4. The summed E-state index contributed by atoms with van der Waals surface area (Å²) in [5.41, 5.74) is 0.00144. The van der Waals surface area contributed by atoms with Crippen molar-refractivity contribution >= 4 is 17.5 Å². The summed E-state index contributed by atoms with van der Waals surface area (Å²) in [6.45, 7) is 5.30. The minimum absolute atomic E-state index is 0.00144. The molecule has 0 aliphatic carbocycles. The molecule has 0 saturated carbocycles. The number of rotatable bonds is 5. The van der Waals surface area contributed by atoms with Crippen molar-refractivity contribution in [2.45, 2.75) is 26.2 Å². The first-order chi connectivity index (χ1) is 10.1. The van der Waals surface area contributed by atoms with Crippen LogP contribution in [-0.2, 0) is 0 Å². The van der Waals surface area contributed by atoms with Gasteiger partial charge in [-0.2, -0.15) is 0 Å². The lowest BCUT2D eigenvalue weighted by Crippen LogP contribution is -2.40. The highest BCUT2D eigenvalue weighted by Crippen LogP contribution is 2.22. The summed E-state index contributed by atoms with van der Waals surface area (Å²) in [5, 5.41) is 3.50. The number of nitrogens with one attached hydrogen (secondary N) is 1. The lowest BCUT2D eigenvalue weighted by Gasteiger charge is -2.30. The fraction of sp³-hybridized carbons (Fsp3) is 0.562. The fourth-order valence-corrected chi connectivity index (χ4v) is 3.03. The summed E-state index contributed by atoms with van der Waals surface area (Å²) >= 11 is 6.01. The highest BCUT2D eigenvalue weighted by Gasteiger charge is 2.24. The number of piperidine rings is 1. The number of halogens is 2. The number of hydrogen-bond donors (Lipinski definition) is 1. The third kappa shape index (κ3) is 4.17. The monoisotopic (exact) mass is 312 g/mol. The second-order valence-electron chi connectivity index (χ2n) is 5.54. The van der Waals surface area contributed by atoms with E-state index in [0.29, 0.717) is 19.0 Å². The van der Waals surface area contributed by atoms with Gasteiger partial charge >= 0.3 is 0 Å². The van der Waals surface area contributed by atoms with Crippen molar-refractivity contribution in [2.75, 3.05) is 26.2 Å². The Morgan fingerprint density at radius 1 is 1.43 bits per heavy atom. The van der Waals surface area contributed by atoms with Gasteiger partial charge in [0, 0.05) is 13.1 Å². The van der Waals surface area contributed by atoms with Crippen LogP contribution in [0.5, 0.6) is 0 Å². The maximum atomic E-state index is 13.9. The third-order valence-electron chi connectivity index (χ3n) is 3.89. The molecule has 0 bridgehead atoms. The molecule has 1 aromatic carbocycles. The predicted molar refractivity (Wildman–Crippen MR) is 83.2 cm³/mol. The molecular formula is C16H22ClFN2O. The van der Waals surface area contributed by atoms with Crippen LogP contribution in [0.15, 0.2) is 18.2 Å². The largest absolute Gasteiger partial charge is 0.338 e. The predicted octanol–water partition coefficient (Wildman–Crippen LogP) is 3.33. The minimum atomic E-state index is -0.543. The van der Waals surface area contributed by atoms with E-state index < -0.39 is 5.82 Å². The van der Waals surface area contributed by atoms with E-state index in [0.717, 1.165) is 32.4 Å². The highest BCUT2D eigenvalue weighted by molar-refractivity contribution is 6.33. The zero-order valence-corrected chi connectivity index (χ0v) is 13.1. The van der Waals surface area contributed by atoms with E-state index in [1.165, 1.54) is 12.1 Å². The topological polar surface area (TPSA) is 32.3 Å². The Balaban J connectivity index is 2.14. The van der Waals surface area contributed by atoms with Gasteiger partial charge in [0.25, 0.3) is 5.91 Å². The van der Waals surface area contributed by atoms with Crippen molar-refractivity contribution in [1.29, 1.82) is 0 Å². The molecule has 1 aliphatic heterocycles. The SMILES string of the molecule is CCCN(CC1CCNCC1)C(=O)c1c(F)cccc1Cl. The van der Waals surface area contributed by atoms with Crippen LogP contribution < -0.4 is 5.32 Å². The Morgan fingerprint density at radius 3 is 2.76 bits per heavy atom. The summed E-state index contributed by atoms with van der Waals surface area (Å²) in [5.74, 6) is -0.357. The van der Waals surface area contributed by atoms with Crippen molar-refractivity contribution in [3.05, 3.63) is 34.6 Å². The van der Waals surface area contributed by atoms with Crippen LogP contribution in [0.2, 0.25) is 5.02 Å². The lowest BCUT2D eigenvalue weighted by molar-refractivity contribution is 0.0712. The molecule has 2 rings (SSSR count). The summed E-state index contributed by atoms with van der Waals surface area (Å²) in [6, 6.07) is 4.37. The van der Waals surface area contributed by atoms with Crippen LogP contribution in [0.25, 0.3) is 0 Å². The van der Waals surface area contributed by atoms with Crippen molar-refractivity contribution in [3.63, 3.8) is 0 Å². The Labute approximate surface area is 130 Å². The molecule has 3 nitrogen and oxygen atoms in total. The molecule has 1 amide bonds. The van der Waals surface area contributed by atoms with Crippen LogP contribution in [-0.4, -0.2) is 37.0 Å². The van der Waals surface area contributed by atoms with Crippen LogP contribution >= 0.6 is 11.6 Å². The Hall–Kier alpha value is -1.13. The molecule has 1 aromatic rings. The summed E-state index contributed by atoms with van der Waals surface area (Å²) < 4.78 is 13.9. The maximum Gasteiger partial charge on any atom is 0.258 e. The number of benzene rings is 1. The van der Waals surface area contributed by atoms with E-state index in [1.807, 2.05) is 6.92 Å². The first-order valence-corrected chi connectivity index (χ1v) is 7.95. The van der Waals surface area contributed by atoms with Crippen molar-refractivity contribution in [3.8, 4) is 0 Å². The Bertz CT molecular complexity index is 469. The molecule has 5 heteroatoms. The van der Waals surface area contributed by atoms with Crippen LogP contribution in [0.3, 0.4) is 0 Å². The van der Waals surface area contributed by atoms with Crippen LogP contribution in [0.4, 0.5) is 4.39 Å². The van der Waals surface area contributed by atoms with E-state index in [1.54, 1.807) is 11.0 Å². The van der Waals surface area contributed by atoms with Gasteiger partial charge in [0.15, 0.2) is 0 Å². The first-order valence-electron chi connectivity index (χ1n) is 7.57. The molecule has 0 atom stereocenters. The van der Waals surface area contributed by atoms with Gasteiger partial charge in [0.2, 0.25) is 0 Å². The Kier molecular flexibility index (Phi) is 6.00. The third-order valence-corrected chi connectivity index (χ3v) is 4.21. The van der Waals surface area contributed by atoms with Gasteiger partial charge in [-0.05, 0) is 50.4 Å². The van der Waals surface area contributed by atoms with Crippen molar-refractivity contribution in [1.82, 2.24) is 10.2 Å². The molecule has 1 N–H and O–H groups in total. The van der Waals surface area contributed by atoms with E-state index >= 15 is 0 Å². The van der Waals surface area contributed by atoms with Crippen molar-refractivity contribution in [2.24, 2.45) is 5.92 Å². The quantitative estimate of drug-likeness (QED) is 0.904. The number of amides is 1. The lowest BCUT2D eigenvalue weighted by atomic mass is 9.97. The minimum Gasteiger partial charge on any atom is -0.338 e. The molecule has 0 unspecified atom stereocenters. The van der Waals surface area contributed by atoms with Crippen molar-refractivity contribution < 1.29 is 9.18 Å². The van der Waals surface area contributed by atoms with Crippen LogP contribution in [0, 0.1) is 11.7 Å². The summed E-state index contributed by atoms with van der Waals surface area (Å²) in [7, 11) is 0. The van der Waals surface area contributed by atoms with E-state index in [4.69, 9.17) is 11.6 Å². The van der Waals surface area contributed by atoms with Gasteiger partial charge in [0.1, 0.15) is 5.82 Å². The standard InChI is InChI=1S/C16H22ClFN2O/c1-2-10-20(11-12-6-8-19-9-7-12)16(21)15-13(17)4-3-5-14(15)18/h3-5,12,19H,2,6-11H2,1H3. The number of carbonyl (C=O) groups excluding carboxylic acids is 1. The zero-order chi connectivity index (χ0) is 15.2. The molecule has 0 aromatic heterocycles. The molecule has 1 heterocycles. The molecule has 0 radical (unpaired) electrons. The number of nitrogens with zero attached hydrogens (tertiary/aromatic N) is 1. The molecule has 1 aliphatic rings. The Morgan fingerprint density at radius 2 is 2.14 bits per heavy atom. The van der Waals surface area contributed by atoms with Gasteiger partial charge in [-0.3, -0.25) is 4.79 Å². The van der Waals surface area contributed by atoms with E-state index in [-0.39, 0.29) is 16.5 Å². The molecule has 21 heavy (non-hydrogen) atoms. The molecule has 1 saturated heterocycles. The molecular weight excluding hydrogens is 291 g/mol. The molecule has 116 valence electrons. The molecule has 0 spiro atoms. The van der Waals surface area contributed by atoms with E-state index in [9.17, 15) is 9.18 Å². The average molecular weight is 313 g/mol. The van der Waals surface area contributed by atoms with Gasteiger partial charge in [-0.1, -0.05) is 24.6 Å². The highest BCUT2D eigenvalue weighted by atomic mass is 35.5. The second kappa shape index (κ2) is 7.76. The van der Waals surface area contributed by atoms with E-state index in [2.05, 4.69) is 5.32 Å². The summed E-state index contributed by atoms with van der Waals surface area (Å²) in [6.07, 6.45) is 2.96. The van der Waals surface area contributed by atoms with Gasteiger partial charge in [0.05, 0.1) is 10.6 Å².